The number of aromatic carboxylic acids is 1. The van der Waals surface area contributed by atoms with Gasteiger partial charge < -0.3 is 15.2 Å². The molecule has 0 fully saturated rings. The quantitative estimate of drug-likeness (QED) is 0.725. The van der Waals surface area contributed by atoms with Gasteiger partial charge in [-0.25, -0.2) is 13.2 Å². The van der Waals surface area contributed by atoms with E-state index < -0.39 is 15.0 Å². The van der Waals surface area contributed by atoms with Gasteiger partial charge in [-0.15, -0.1) is 0 Å². The van der Waals surface area contributed by atoms with E-state index in [1.165, 1.54) is 6.07 Å². The van der Waals surface area contributed by atoms with Crippen molar-refractivity contribution >= 4 is 31.6 Å². The fourth-order valence-corrected chi connectivity index (χ4v) is 2.27. The van der Waals surface area contributed by atoms with E-state index in [1.54, 1.807) is 6.92 Å². The van der Waals surface area contributed by atoms with Crippen molar-refractivity contribution < 1.29 is 27.9 Å². The number of hydrogen-bond donors (Lipinski definition) is 2. The molecule has 1 aromatic carbocycles. The number of amides is 1. The molecule has 0 aromatic heterocycles. The van der Waals surface area contributed by atoms with E-state index in [-0.39, 0.29) is 35.1 Å². The van der Waals surface area contributed by atoms with E-state index in [1.807, 2.05) is 0 Å². The molecule has 0 bridgehead atoms. The fraction of sp³-hybridized carbons (Fsp3) is 0.333. The van der Waals surface area contributed by atoms with E-state index in [9.17, 15) is 18.0 Å². The summed E-state index contributed by atoms with van der Waals surface area (Å²) in [6.07, 6.45) is 0.0580. The number of carboxylic acids is 1. The van der Waals surface area contributed by atoms with Crippen LogP contribution in [0, 0.1) is 0 Å². The summed E-state index contributed by atoms with van der Waals surface area (Å²) in [5.74, 6) is -1.62. The number of carbonyl (C=O) groups excluding carboxylic acids is 1. The first-order valence-corrected chi connectivity index (χ1v) is 8.28. The molecule has 0 heterocycles. The molecule has 9 heteroatoms. The van der Waals surface area contributed by atoms with Crippen LogP contribution in [0.3, 0.4) is 0 Å². The summed E-state index contributed by atoms with van der Waals surface area (Å²) in [5.41, 5.74) is -0.340. The lowest BCUT2D eigenvalue weighted by molar-refractivity contribution is -0.121. The Labute approximate surface area is 126 Å². The molecule has 0 atom stereocenters. The lowest BCUT2D eigenvalue weighted by Crippen LogP contribution is -2.24. The fourth-order valence-electron chi connectivity index (χ4n) is 1.49. The highest BCUT2D eigenvalue weighted by Crippen LogP contribution is 2.24. The maximum absolute atomic E-state index is 11.2. The number of hydrogen-bond acceptors (Lipinski definition) is 5. The second-order valence-electron chi connectivity index (χ2n) is 3.95. The summed E-state index contributed by atoms with van der Waals surface area (Å²) >= 11 is 0. The van der Waals surface area contributed by atoms with E-state index in [0.717, 1.165) is 12.1 Å². The van der Waals surface area contributed by atoms with Crippen LogP contribution in [0.4, 0.5) is 0 Å². The summed E-state index contributed by atoms with van der Waals surface area (Å²) in [5, 5.41) is 11.6. The number of rotatable bonds is 7. The van der Waals surface area contributed by atoms with Gasteiger partial charge in [0, 0.05) is 17.2 Å². The van der Waals surface area contributed by atoms with Gasteiger partial charge in [-0.2, -0.15) is 0 Å². The number of benzene rings is 1. The van der Waals surface area contributed by atoms with Crippen LogP contribution in [-0.2, 0) is 13.8 Å². The third-order valence-electron chi connectivity index (χ3n) is 2.42. The molecule has 21 heavy (non-hydrogen) atoms. The van der Waals surface area contributed by atoms with Gasteiger partial charge in [-0.1, -0.05) is 0 Å². The van der Waals surface area contributed by atoms with Crippen molar-refractivity contribution in [1.29, 1.82) is 0 Å². The molecule has 2 N–H and O–H groups in total. The van der Waals surface area contributed by atoms with Gasteiger partial charge in [-0.05, 0) is 25.1 Å². The zero-order chi connectivity index (χ0) is 16.0. The highest BCUT2D eigenvalue weighted by Gasteiger charge is 2.18. The number of ether oxygens (including phenoxy) is 1. The van der Waals surface area contributed by atoms with Crippen molar-refractivity contribution in [2.75, 3.05) is 13.2 Å². The second kappa shape index (κ2) is 7.28. The van der Waals surface area contributed by atoms with Crippen molar-refractivity contribution in [3.05, 3.63) is 23.8 Å². The zero-order valence-electron chi connectivity index (χ0n) is 11.1. The Bertz CT molecular complexity index is 643. The second-order valence-corrected chi connectivity index (χ2v) is 6.52. The molecule has 0 aliphatic heterocycles. The van der Waals surface area contributed by atoms with Crippen molar-refractivity contribution in [3.63, 3.8) is 0 Å². The third kappa shape index (κ3) is 5.24. The number of carboxylic acid groups (broad SMARTS) is 1. The lowest BCUT2D eigenvalue weighted by Gasteiger charge is -2.10. The molecule has 0 spiro atoms. The minimum Gasteiger partial charge on any atom is -0.492 e. The minimum atomic E-state index is -4.03. The molecule has 0 saturated heterocycles. The monoisotopic (exact) mass is 335 g/mol. The molecular weight excluding hydrogens is 322 g/mol. The molecular formula is C12H14ClNO6S. The standard InChI is InChI=1S/C12H14ClNO6S/c1-2-14-11(15)5-6-20-10-4-3-8(21(13,18)19)7-9(10)12(16)17/h3-4,7H,2,5-6H2,1H3,(H,14,15)(H,16,17). The average molecular weight is 336 g/mol. The summed E-state index contributed by atoms with van der Waals surface area (Å²) in [7, 11) is 1.13. The molecule has 0 saturated carbocycles. The predicted octanol–water partition coefficient (Wildman–Crippen LogP) is 1.22. The van der Waals surface area contributed by atoms with Crippen molar-refractivity contribution in [2.24, 2.45) is 0 Å². The predicted molar refractivity (Wildman–Crippen MR) is 75.2 cm³/mol. The van der Waals surface area contributed by atoms with Crippen LogP contribution in [0.2, 0.25) is 0 Å². The molecule has 0 radical (unpaired) electrons. The normalized spacial score (nSPS) is 11.0. The van der Waals surface area contributed by atoms with Crippen molar-refractivity contribution in [2.45, 2.75) is 18.2 Å². The van der Waals surface area contributed by atoms with Crippen LogP contribution < -0.4 is 10.1 Å². The number of carbonyl (C=O) groups is 2. The van der Waals surface area contributed by atoms with Crippen molar-refractivity contribution in [3.8, 4) is 5.75 Å². The summed E-state index contributed by atoms with van der Waals surface area (Å²) in [6.45, 7) is 2.23. The molecule has 1 aromatic rings. The van der Waals surface area contributed by atoms with Crippen LogP contribution >= 0.6 is 10.7 Å². The Morgan fingerprint density at radius 1 is 1.38 bits per heavy atom. The Balaban J connectivity index is 2.88. The van der Waals surface area contributed by atoms with E-state index in [4.69, 9.17) is 20.5 Å². The van der Waals surface area contributed by atoms with E-state index >= 15 is 0 Å². The van der Waals surface area contributed by atoms with Gasteiger partial charge in [-0.3, -0.25) is 4.79 Å². The van der Waals surface area contributed by atoms with Gasteiger partial charge in [0.1, 0.15) is 11.3 Å². The summed E-state index contributed by atoms with van der Waals surface area (Å²) in [4.78, 5) is 22.0. The average Bonchev–Trinajstić information content (AvgIpc) is 2.37. The first-order valence-electron chi connectivity index (χ1n) is 5.97. The van der Waals surface area contributed by atoms with Crippen LogP contribution in [0.25, 0.3) is 0 Å². The van der Waals surface area contributed by atoms with Crippen LogP contribution in [0.5, 0.6) is 5.75 Å². The first-order chi connectivity index (χ1) is 9.75. The highest BCUT2D eigenvalue weighted by molar-refractivity contribution is 8.13. The molecule has 116 valence electrons. The molecule has 1 rings (SSSR count). The Morgan fingerprint density at radius 2 is 2.05 bits per heavy atom. The van der Waals surface area contributed by atoms with Gasteiger partial charge in [0.15, 0.2) is 0 Å². The van der Waals surface area contributed by atoms with Gasteiger partial charge in [0.2, 0.25) is 5.91 Å². The topological polar surface area (TPSA) is 110 Å². The Morgan fingerprint density at radius 3 is 2.57 bits per heavy atom. The summed E-state index contributed by atoms with van der Waals surface area (Å²) < 4.78 is 27.5. The molecule has 0 unspecified atom stereocenters. The van der Waals surface area contributed by atoms with Crippen LogP contribution in [0.15, 0.2) is 23.1 Å². The molecule has 0 aliphatic carbocycles. The van der Waals surface area contributed by atoms with Gasteiger partial charge in [0.05, 0.1) is 17.9 Å². The first kappa shape index (κ1) is 17.3. The van der Waals surface area contributed by atoms with Gasteiger partial charge in [0.25, 0.3) is 9.05 Å². The van der Waals surface area contributed by atoms with Gasteiger partial charge >= 0.3 is 5.97 Å². The maximum atomic E-state index is 11.2. The largest absolute Gasteiger partial charge is 0.492 e. The maximum Gasteiger partial charge on any atom is 0.339 e. The van der Waals surface area contributed by atoms with E-state index in [0.29, 0.717) is 6.54 Å². The molecule has 7 nitrogen and oxygen atoms in total. The molecule has 0 aliphatic rings. The zero-order valence-corrected chi connectivity index (χ0v) is 12.7. The Hall–Kier alpha value is -1.80. The van der Waals surface area contributed by atoms with Crippen LogP contribution in [0.1, 0.15) is 23.7 Å². The van der Waals surface area contributed by atoms with E-state index in [2.05, 4.69) is 5.32 Å². The summed E-state index contributed by atoms with van der Waals surface area (Å²) in [6, 6.07) is 3.23. The smallest absolute Gasteiger partial charge is 0.339 e. The third-order valence-corrected chi connectivity index (χ3v) is 3.78. The minimum absolute atomic E-state index is 0.0287. The number of halogens is 1. The van der Waals surface area contributed by atoms with Crippen molar-refractivity contribution in [1.82, 2.24) is 5.32 Å². The van der Waals surface area contributed by atoms with Crippen LogP contribution in [-0.4, -0.2) is 38.6 Å². The SMILES string of the molecule is CCNC(=O)CCOc1ccc(S(=O)(=O)Cl)cc1C(=O)O. The Kier molecular flexibility index (Phi) is 5.98. The highest BCUT2D eigenvalue weighted by atomic mass is 35.7. The lowest BCUT2D eigenvalue weighted by atomic mass is 10.2. The number of nitrogens with one attached hydrogen (secondary N) is 1. The molecule has 1 amide bonds.